The fourth-order valence-corrected chi connectivity index (χ4v) is 1.34. The molecule has 2 N–H and O–H groups in total. The van der Waals surface area contributed by atoms with E-state index in [4.69, 9.17) is 5.73 Å². The second kappa shape index (κ2) is 4.26. The van der Waals surface area contributed by atoms with Gasteiger partial charge in [-0.15, -0.1) is 0 Å². The number of anilines is 2. The number of benzene rings is 1. The van der Waals surface area contributed by atoms with Gasteiger partial charge in [-0.2, -0.15) is 0 Å². The van der Waals surface area contributed by atoms with Gasteiger partial charge in [-0.05, 0) is 24.6 Å². The maximum atomic E-state index is 12.1. The summed E-state index contributed by atoms with van der Waals surface area (Å²) < 4.78 is 24.3. The normalized spacial score (nSPS) is 10.6. The molecule has 1 aromatic rings. The molecule has 0 spiro atoms. The zero-order valence-corrected chi connectivity index (χ0v) is 8.30. The highest BCUT2D eigenvalue weighted by molar-refractivity contribution is 5.60. The van der Waals surface area contributed by atoms with Crippen LogP contribution in [0.1, 0.15) is 5.56 Å². The van der Waals surface area contributed by atoms with Gasteiger partial charge in [0, 0.05) is 18.4 Å². The Labute approximate surface area is 82.3 Å². The molecule has 0 heterocycles. The van der Waals surface area contributed by atoms with E-state index in [0.717, 1.165) is 11.3 Å². The standard InChI is InChI=1S/C10H14F2N2/c1-7-3-4-8(13)5-9(7)14(2)6-10(11)12/h3-5,10H,6,13H2,1-2H3. The number of nitrogen functional groups attached to an aromatic ring is 1. The van der Waals surface area contributed by atoms with Crippen molar-refractivity contribution in [2.24, 2.45) is 0 Å². The van der Waals surface area contributed by atoms with Crippen molar-refractivity contribution in [1.29, 1.82) is 0 Å². The number of hydrogen-bond acceptors (Lipinski definition) is 2. The molecule has 0 aliphatic heterocycles. The summed E-state index contributed by atoms with van der Waals surface area (Å²) in [5, 5.41) is 0. The molecule has 0 aliphatic carbocycles. The summed E-state index contributed by atoms with van der Waals surface area (Å²) >= 11 is 0. The first-order valence-corrected chi connectivity index (χ1v) is 4.36. The quantitative estimate of drug-likeness (QED) is 0.758. The maximum Gasteiger partial charge on any atom is 0.255 e. The minimum atomic E-state index is -2.33. The largest absolute Gasteiger partial charge is 0.399 e. The van der Waals surface area contributed by atoms with Gasteiger partial charge in [0.2, 0.25) is 0 Å². The molecule has 0 atom stereocenters. The zero-order valence-electron chi connectivity index (χ0n) is 8.30. The highest BCUT2D eigenvalue weighted by atomic mass is 19.3. The Morgan fingerprint density at radius 1 is 1.43 bits per heavy atom. The van der Waals surface area contributed by atoms with Gasteiger partial charge < -0.3 is 10.6 Å². The van der Waals surface area contributed by atoms with Crippen LogP contribution in [0, 0.1) is 6.92 Å². The molecule has 1 aromatic carbocycles. The molecule has 0 fully saturated rings. The predicted octanol–water partition coefficient (Wildman–Crippen LogP) is 2.28. The van der Waals surface area contributed by atoms with E-state index in [-0.39, 0.29) is 6.54 Å². The maximum absolute atomic E-state index is 12.1. The summed E-state index contributed by atoms with van der Waals surface area (Å²) in [5.41, 5.74) is 7.87. The highest BCUT2D eigenvalue weighted by Gasteiger charge is 2.10. The van der Waals surface area contributed by atoms with Crippen LogP contribution >= 0.6 is 0 Å². The van der Waals surface area contributed by atoms with Crippen LogP contribution in [-0.2, 0) is 0 Å². The first-order valence-electron chi connectivity index (χ1n) is 4.36. The third-order valence-corrected chi connectivity index (χ3v) is 2.06. The molecule has 0 aromatic heterocycles. The Balaban J connectivity index is 2.88. The van der Waals surface area contributed by atoms with Crippen LogP contribution in [0.15, 0.2) is 18.2 Å². The molecule has 78 valence electrons. The van der Waals surface area contributed by atoms with Crippen molar-refractivity contribution in [2.45, 2.75) is 13.3 Å². The van der Waals surface area contributed by atoms with Gasteiger partial charge >= 0.3 is 0 Å². The van der Waals surface area contributed by atoms with Crippen molar-refractivity contribution in [3.63, 3.8) is 0 Å². The third kappa shape index (κ3) is 2.58. The summed E-state index contributed by atoms with van der Waals surface area (Å²) in [4.78, 5) is 1.51. The van der Waals surface area contributed by atoms with E-state index in [1.165, 1.54) is 4.90 Å². The molecule has 14 heavy (non-hydrogen) atoms. The minimum absolute atomic E-state index is 0.274. The van der Waals surface area contributed by atoms with Crippen LogP contribution in [0.4, 0.5) is 20.2 Å². The summed E-state index contributed by atoms with van der Waals surface area (Å²) in [5.74, 6) is 0. The smallest absolute Gasteiger partial charge is 0.255 e. The molecule has 0 aliphatic rings. The average Bonchev–Trinajstić information content (AvgIpc) is 2.08. The third-order valence-electron chi connectivity index (χ3n) is 2.06. The van der Waals surface area contributed by atoms with E-state index in [0.29, 0.717) is 5.69 Å². The average molecular weight is 200 g/mol. The summed E-state index contributed by atoms with van der Waals surface area (Å²) in [6, 6.07) is 5.29. The molecule has 0 saturated carbocycles. The molecule has 0 bridgehead atoms. The lowest BCUT2D eigenvalue weighted by molar-refractivity contribution is 0.156. The SMILES string of the molecule is Cc1ccc(N)cc1N(C)CC(F)F. The van der Waals surface area contributed by atoms with Gasteiger partial charge in [0.05, 0.1) is 6.54 Å². The minimum Gasteiger partial charge on any atom is -0.399 e. The lowest BCUT2D eigenvalue weighted by atomic mass is 10.1. The molecular weight excluding hydrogens is 186 g/mol. The fourth-order valence-electron chi connectivity index (χ4n) is 1.34. The van der Waals surface area contributed by atoms with Gasteiger partial charge in [0.1, 0.15) is 0 Å². The summed E-state index contributed by atoms with van der Waals surface area (Å²) in [7, 11) is 1.63. The van der Waals surface area contributed by atoms with Crippen molar-refractivity contribution < 1.29 is 8.78 Å². The summed E-state index contributed by atoms with van der Waals surface area (Å²) in [6.45, 7) is 1.60. The van der Waals surface area contributed by atoms with Crippen LogP contribution < -0.4 is 10.6 Å². The number of aryl methyl sites for hydroxylation is 1. The van der Waals surface area contributed by atoms with Crippen LogP contribution in [0.2, 0.25) is 0 Å². The number of nitrogens with two attached hydrogens (primary N) is 1. The Hall–Kier alpha value is -1.32. The molecule has 0 amide bonds. The van der Waals surface area contributed by atoms with Crippen LogP contribution in [0.3, 0.4) is 0 Å². The van der Waals surface area contributed by atoms with Crippen LogP contribution in [0.25, 0.3) is 0 Å². The number of hydrogen-bond donors (Lipinski definition) is 1. The Bertz CT molecular complexity index is 313. The topological polar surface area (TPSA) is 29.3 Å². The van der Waals surface area contributed by atoms with Crippen molar-refractivity contribution in [3.05, 3.63) is 23.8 Å². The first-order chi connectivity index (χ1) is 6.50. The van der Waals surface area contributed by atoms with Crippen LogP contribution in [0.5, 0.6) is 0 Å². The first kappa shape index (κ1) is 10.8. The molecule has 0 unspecified atom stereocenters. The Morgan fingerprint density at radius 3 is 2.64 bits per heavy atom. The molecule has 1 rings (SSSR count). The van der Waals surface area contributed by atoms with E-state index in [9.17, 15) is 8.78 Å². The lowest BCUT2D eigenvalue weighted by Gasteiger charge is -2.21. The van der Waals surface area contributed by atoms with Crippen molar-refractivity contribution in [3.8, 4) is 0 Å². The van der Waals surface area contributed by atoms with Gasteiger partial charge in [0.25, 0.3) is 6.43 Å². The van der Waals surface area contributed by atoms with Gasteiger partial charge in [-0.1, -0.05) is 6.07 Å². The summed E-state index contributed by atoms with van der Waals surface area (Å²) in [6.07, 6.45) is -2.33. The number of nitrogens with zero attached hydrogens (tertiary/aromatic N) is 1. The Kier molecular flexibility index (Phi) is 3.28. The highest BCUT2D eigenvalue weighted by Crippen LogP contribution is 2.22. The van der Waals surface area contributed by atoms with E-state index in [1.54, 1.807) is 19.2 Å². The molecule has 0 saturated heterocycles. The predicted molar refractivity (Wildman–Crippen MR) is 54.9 cm³/mol. The monoisotopic (exact) mass is 200 g/mol. The van der Waals surface area contributed by atoms with Crippen molar-refractivity contribution >= 4 is 11.4 Å². The van der Waals surface area contributed by atoms with E-state index in [1.807, 2.05) is 13.0 Å². The molecule has 2 nitrogen and oxygen atoms in total. The van der Waals surface area contributed by atoms with Crippen LogP contribution in [-0.4, -0.2) is 20.0 Å². The second-order valence-corrected chi connectivity index (χ2v) is 3.32. The van der Waals surface area contributed by atoms with Gasteiger partial charge in [0.15, 0.2) is 0 Å². The molecular formula is C10H14F2N2. The number of alkyl halides is 2. The van der Waals surface area contributed by atoms with Crippen molar-refractivity contribution in [2.75, 3.05) is 24.2 Å². The zero-order chi connectivity index (χ0) is 10.7. The van der Waals surface area contributed by atoms with Gasteiger partial charge in [-0.3, -0.25) is 0 Å². The Morgan fingerprint density at radius 2 is 2.07 bits per heavy atom. The molecule has 0 radical (unpaired) electrons. The molecule has 4 heteroatoms. The van der Waals surface area contributed by atoms with E-state index >= 15 is 0 Å². The number of halogens is 2. The second-order valence-electron chi connectivity index (χ2n) is 3.32. The van der Waals surface area contributed by atoms with Gasteiger partial charge in [-0.25, -0.2) is 8.78 Å². The van der Waals surface area contributed by atoms with Crippen molar-refractivity contribution in [1.82, 2.24) is 0 Å². The number of rotatable bonds is 3. The fraction of sp³-hybridized carbons (Fsp3) is 0.400. The van der Waals surface area contributed by atoms with E-state index < -0.39 is 6.43 Å². The van der Waals surface area contributed by atoms with E-state index in [2.05, 4.69) is 0 Å². The lowest BCUT2D eigenvalue weighted by Crippen LogP contribution is -2.24.